The fourth-order valence-corrected chi connectivity index (χ4v) is 1.95. The van der Waals surface area contributed by atoms with E-state index in [1.54, 1.807) is 25.3 Å². The van der Waals surface area contributed by atoms with Gasteiger partial charge in [-0.1, -0.05) is 6.92 Å². The van der Waals surface area contributed by atoms with E-state index >= 15 is 0 Å². The molecule has 0 unspecified atom stereocenters. The molecule has 1 N–H and O–H groups in total. The summed E-state index contributed by atoms with van der Waals surface area (Å²) in [4.78, 5) is 13.4. The van der Waals surface area contributed by atoms with Gasteiger partial charge in [-0.05, 0) is 32.4 Å². The van der Waals surface area contributed by atoms with E-state index in [0.29, 0.717) is 11.3 Å². The molecule has 100 valence electrons. The topological polar surface area (TPSA) is 49.8 Å². The molecule has 0 aliphatic rings. The monoisotopic (exact) mass is 251 g/mol. The molecule has 0 aliphatic carbocycles. The van der Waals surface area contributed by atoms with Crippen LogP contribution in [0.1, 0.15) is 37.6 Å². The first-order valence-electron chi connectivity index (χ1n) is 6.19. The number of benzene rings is 1. The summed E-state index contributed by atoms with van der Waals surface area (Å²) in [5.74, 6) is -0.230. The summed E-state index contributed by atoms with van der Waals surface area (Å²) in [5, 5.41) is 9.26. The summed E-state index contributed by atoms with van der Waals surface area (Å²) in [7, 11) is 1.58. The highest BCUT2D eigenvalue weighted by atomic mass is 16.5. The smallest absolute Gasteiger partial charge is 0.337 e. The Morgan fingerprint density at radius 1 is 1.44 bits per heavy atom. The zero-order valence-electron chi connectivity index (χ0n) is 11.4. The first-order chi connectivity index (χ1) is 8.51. The standard InChI is InChI=1S/C14H21NO3/c1-5-8-15(10(2)3)13-9-11(18-4)6-7-12(13)14(16)17/h6-7,9-10H,5,8H2,1-4H3,(H,16,17). The molecule has 4 nitrogen and oxygen atoms in total. The Morgan fingerprint density at radius 3 is 2.56 bits per heavy atom. The van der Waals surface area contributed by atoms with Gasteiger partial charge in [-0.2, -0.15) is 0 Å². The van der Waals surface area contributed by atoms with E-state index in [-0.39, 0.29) is 6.04 Å². The lowest BCUT2D eigenvalue weighted by Crippen LogP contribution is -2.32. The molecule has 1 rings (SSSR count). The summed E-state index contributed by atoms with van der Waals surface area (Å²) in [6, 6.07) is 5.31. The number of carboxylic acid groups (broad SMARTS) is 1. The Hall–Kier alpha value is -1.71. The van der Waals surface area contributed by atoms with Gasteiger partial charge in [0, 0.05) is 18.7 Å². The molecule has 0 radical (unpaired) electrons. The fraction of sp³-hybridized carbons (Fsp3) is 0.500. The van der Waals surface area contributed by atoms with Gasteiger partial charge in [0.25, 0.3) is 0 Å². The Kier molecular flexibility index (Phi) is 5.01. The first kappa shape index (κ1) is 14.4. The number of aromatic carboxylic acids is 1. The Morgan fingerprint density at radius 2 is 2.11 bits per heavy atom. The number of anilines is 1. The lowest BCUT2D eigenvalue weighted by Gasteiger charge is -2.30. The molecule has 0 saturated heterocycles. The average Bonchev–Trinajstić information content (AvgIpc) is 2.34. The van der Waals surface area contributed by atoms with Gasteiger partial charge in [0.05, 0.1) is 18.4 Å². The van der Waals surface area contributed by atoms with Crippen molar-refractivity contribution in [2.75, 3.05) is 18.6 Å². The number of methoxy groups -OCH3 is 1. The van der Waals surface area contributed by atoms with Crippen molar-refractivity contribution in [3.05, 3.63) is 23.8 Å². The molecule has 0 heterocycles. The number of hydrogen-bond acceptors (Lipinski definition) is 3. The second kappa shape index (κ2) is 6.28. The van der Waals surface area contributed by atoms with Gasteiger partial charge >= 0.3 is 5.97 Å². The van der Waals surface area contributed by atoms with E-state index in [0.717, 1.165) is 18.7 Å². The molecule has 0 aliphatic heterocycles. The number of nitrogens with zero attached hydrogens (tertiary/aromatic N) is 1. The van der Waals surface area contributed by atoms with Crippen molar-refractivity contribution in [1.82, 2.24) is 0 Å². The molecule has 18 heavy (non-hydrogen) atoms. The van der Waals surface area contributed by atoms with E-state index < -0.39 is 5.97 Å². The van der Waals surface area contributed by atoms with Gasteiger partial charge in [-0.25, -0.2) is 4.79 Å². The third kappa shape index (κ3) is 3.15. The van der Waals surface area contributed by atoms with Crippen molar-refractivity contribution in [2.45, 2.75) is 33.2 Å². The summed E-state index contributed by atoms with van der Waals surface area (Å²) in [6.45, 7) is 7.02. The highest BCUT2D eigenvalue weighted by Crippen LogP contribution is 2.28. The van der Waals surface area contributed by atoms with E-state index in [2.05, 4.69) is 25.7 Å². The van der Waals surface area contributed by atoms with Crippen LogP contribution in [0.15, 0.2) is 18.2 Å². The number of ether oxygens (including phenoxy) is 1. The molecule has 0 bridgehead atoms. The van der Waals surface area contributed by atoms with E-state index in [1.165, 1.54) is 0 Å². The van der Waals surface area contributed by atoms with Crippen LogP contribution in [0.2, 0.25) is 0 Å². The van der Waals surface area contributed by atoms with Crippen LogP contribution in [0.25, 0.3) is 0 Å². The molecule has 4 heteroatoms. The van der Waals surface area contributed by atoms with Crippen LogP contribution in [-0.2, 0) is 0 Å². The molecule has 1 aromatic carbocycles. The van der Waals surface area contributed by atoms with E-state index in [9.17, 15) is 9.90 Å². The maximum Gasteiger partial charge on any atom is 0.337 e. The van der Waals surface area contributed by atoms with Crippen LogP contribution < -0.4 is 9.64 Å². The molecule has 0 amide bonds. The Balaban J connectivity index is 3.27. The lowest BCUT2D eigenvalue weighted by atomic mass is 10.1. The maximum atomic E-state index is 11.3. The normalized spacial score (nSPS) is 10.5. The van der Waals surface area contributed by atoms with Crippen molar-refractivity contribution < 1.29 is 14.6 Å². The van der Waals surface area contributed by atoms with Crippen LogP contribution in [0.3, 0.4) is 0 Å². The van der Waals surface area contributed by atoms with Crippen LogP contribution >= 0.6 is 0 Å². The number of rotatable bonds is 6. The molecule has 0 spiro atoms. The quantitative estimate of drug-likeness (QED) is 0.844. The first-order valence-corrected chi connectivity index (χ1v) is 6.19. The van der Waals surface area contributed by atoms with Crippen LogP contribution in [0.5, 0.6) is 5.75 Å². The molecule has 1 aromatic rings. The third-order valence-corrected chi connectivity index (χ3v) is 2.83. The predicted molar refractivity (Wildman–Crippen MR) is 72.7 cm³/mol. The van der Waals surface area contributed by atoms with Crippen LogP contribution in [0, 0.1) is 0 Å². The van der Waals surface area contributed by atoms with Crippen LogP contribution in [0.4, 0.5) is 5.69 Å². The van der Waals surface area contributed by atoms with Crippen molar-refractivity contribution in [3.8, 4) is 5.75 Å². The van der Waals surface area contributed by atoms with Crippen molar-refractivity contribution >= 4 is 11.7 Å². The molecule has 0 aromatic heterocycles. The summed E-state index contributed by atoms with van der Waals surface area (Å²) in [6.07, 6.45) is 0.967. The van der Waals surface area contributed by atoms with Crippen molar-refractivity contribution in [1.29, 1.82) is 0 Å². The van der Waals surface area contributed by atoms with E-state index in [4.69, 9.17) is 4.74 Å². The van der Waals surface area contributed by atoms with Gasteiger partial charge in [0.15, 0.2) is 0 Å². The molecular formula is C14H21NO3. The average molecular weight is 251 g/mol. The molecule has 0 saturated carbocycles. The number of carboxylic acids is 1. The minimum absolute atomic E-state index is 0.246. The van der Waals surface area contributed by atoms with Gasteiger partial charge in [-0.3, -0.25) is 0 Å². The van der Waals surface area contributed by atoms with Gasteiger partial charge in [0.2, 0.25) is 0 Å². The maximum absolute atomic E-state index is 11.3. The largest absolute Gasteiger partial charge is 0.497 e. The fourth-order valence-electron chi connectivity index (χ4n) is 1.95. The predicted octanol–water partition coefficient (Wildman–Crippen LogP) is 3.02. The third-order valence-electron chi connectivity index (χ3n) is 2.83. The number of carbonyl (C=O) groups is 1. The molecule has 0 atom stereocenters. The van der Waals surface area contributed by atoms with Gasteiger partial charge in [0.1, 0.15) is 5.75 Å². The van der Waals surface area contributed by atoms with Gasteiger partial charge in [-0.15, -0.1) is 0 Å². The highest BCUT2D eigenvalue weighted by molar-refractivity contribution is 5.95. The summed E-state index contributed by atoms with van der Waals surface area (Å²) < 4.78 is 5.18. The SMILES string of the molecule is CCCN(c1cc(OC)ccc1C(=O)O)C(C)C. The summed E-state index contributed by atoms with van der Waals surface area (Å²) >= 11 is 0. The summed E-state index contributed by atoms with van der Waals surface area (Å²) in [5.41, 5.74) is 1.04. The molecule has 0 fully saturated rings. The minimum atomic E-state index is -0.908. The van der Waals surface area contributed by atoms with Crippen molar-refractivity contribution in [2.24, 2.45) is 0 Å². The second-order valence-corrected chi connectivity index (χ2v) is 4.48. The minimum Gasteiger partial charge on any atom is -0.497 e. The molecular weight excluding hydrogens is 230 g/mol. The number of hydrogen-bond donors (Lipinski definition) is 1. The zero-order valence-corrected chi connectivity index (χ0v) is 11.4. The second-order valence-electron chi connectivity index (χ2n) is 4.48. The Labute approximate surface area is 108 Å². The van der Waals surface area contributed by atoms with Gasteiger partial charge < -0.3 is 14.7 Å². The van der Waals surface area contributed by atoms with Crippen molar-refractivity contribution in [3.63, 3.8) is 0 Å². The zero-order chi connectivity index (χ0) is 13.7. The highest BCUT2D eigenvalue weighted by Gasteiger charge is 2.18. The van der Waals surface area contributed by atoms with E-state index in [1.807, 2.05) is 0 Å². The Bertz CT molecular complexity index is 416. The van der Waals surface area contributed by atoms with Crippen LogP contribution in [-0.4, -0.2) is 30.8 Å². The lowest BCUT2D eigenvalue weighted by molar-refractivity contribution is 0.0697.